The van der Waals surface area contributed by atoms with Crippen LogP contribution < -0.4 is 34.3 Å². The summed E-state index contributed by atoms with van der Waals surface area (Å²) in [7, 11) is 1.41. The first-order chi connectivity index (χ1) is 5.24. The number of aromatic nitrogens is 2. The van der Waals surface area contributed by atoms with E-state index >= 15 is 0 Å². The van der Waals surface area contributed by atoms with E-state index in [9.17, 15) is 8.76 Å². The van der Waals surface area contributed by atoms with Crippen LogP contribution in [-0.2, 0) is 11.1 Å². The van der Waals surface area contributed by atoms with Crippen molar-refractivity contribution in [2.45, 2.75) is 4.90 Å². The van der Waals surface area contributed by atoms with Crippen LogP contribution in [0.5, 0.6) is 6.01 Å². The molecule has 1 heterocycles. The summed E-state index contributed by atoms with van der Waals surface area (Å²) in [4.78, 5) is 7.23. The summed E-state index contributed by atoms with van der Waals surface area (Å²) in [5.74, 6) is 0. The molecule has 1 aromatic rings. The molecule has 60 valence electrons. The van der Waals surface area contributed by atoms with Gasteiger partial charge in [-0.15, -0.1) is 0 Å². The van der Waals surface area contributed by atoms with Gasteiger partial charge < -0.3 is 9.29 Å². The third-order valence-electron chi connectivity index (χ3n) is 0.979. The van der Waals surface area contributed by atoms with Crippen LogP contribution in [0.2, 0.25) is 0 Å². The minimum atomic E-state index is -2.27. The molecule has 1 atom stereocenters. The normalized spacial score (nSPS) is 11.5. The van der Waals surface area contributed by atoms with Crippen LogP contribution in [0.25, 0.3) is 0 Å². The van der Waals surface area contributed by atoms with Crippen LogP contribution in [0.4, 0.5) is 0 Å². The topological polar surface area (TPSA) is 75.1 Å². The molecular weight excluding hydrogens is 191 g/mol. The number of hydrogen-bond acceptors (Lipinski definition) is 5. The molecule has 0 aliphatic carbocycles. The number of nitrogens with zero attached hydrogens (tertiary/aromatic N) is 2. The fourth-order valence-corrected chi connectivity index (χ4v) is 0.773. The van der Waals surface area contributed by atoms with E-state index in [2.05, 4.69) is 14.7 Å². The summed E-state index contributed by atoms with van der Waals surface area (Å²) in [5, 5.41) is 0. The molecule has 0 aliphatic heterocycles. The Morgan fingerprint density at radius 3 is 2.33 bits per heavy atom. The quantitative estimate of drug-likeness (QED) is 0.366. The average molecular weight is 196 g/mol. The van der Waals surface area contributed by atoms with Crippen LogP contribution in [0.3, 0.4) is 0 Å². The van der Waals surface area contributed by atoms with Crippen molar-refractivity contribution in [3.8, 4) is 6.01 Å². The number of hydrogen-bond donors (Lipinski definition) is 0. The van der Waals surface area contributed by atoms with E-state index in [1.165, 1.54) is 19.5 Å². The van der Waals surface area contributed by atoms with Crippen molar-refractivity contribution in [3.05, 3.63) is 12.4 Å². The van der Waals surface area contributed by atoms with E-state index < -0.39 is 11.1 Å². The fraction of sp³-hybridized carbons (Fsp3) is 0.200. The first-order valence-electron chi connectivity index (χ1n) is 2.69. The Morgan fingerprint density at radius 2 is 2.00 bits per heavy atom. The van der Waals surface area contributed by atoms with Crippen LogP contribution in [-0.4, -0.2) is 25.8 Å². The van der Waals surface area contributed by atoms with Gasteiger partial charge in [0.1, 0.15) is 0 Å². The molecule has 0 aliphatic rings. The second kappa shape index (κ2) is 5.60. The van der Waals surface area contributed by atoms with Crippen molar-refractivity contribution in [1.29, 1.82) is 0 Å². The number of ether oxygens (including phenoxy) is 1. The molecule has 7 heteroatoms. The van der Waals surface area contributed by atoms with Crippen molar-refractivity contribution < 1.29 is 43.1 Å². The Kier molecular flexibility index (Phi) is 5.60. The monoisotopic (exact) mass is 196 g/mol. The number of methoxy groups -OCH3 is 1. The molecular formula is C5H5N2NaO3S. The van der Waals surface area contributed by atoms with E-state index in [-0.39, 0.29) is 40.5 Å². The second-order valence-electron chi connectivity index (χ2n) is 1.64. The van der Waals surface area contributed by atoms with E-state index in [4.69, 9.17) is 0 Å². The second-order valence-corrected chi connectivity index (χ2v) is 2.58. The zero-order valence-corrected chi connectivity index (χ0v) is 9.50. The van der Waals surface area contributed by atoms with Gasteiger partial charge in [0.2, 0.25) is 0 Å². The summed E-state index contributed by atoms with van der Waals surface area (Å²) < 4.78 is 25.2. The summed E-state index contributed by atoms with van der Waals surface area (Å²) in [6.45, 7) is 0. The summed E-state index contributed by atoms with van der Waals surface area (Å²) >= 11 is -2.27. The maximum absolute atomic E-state index is 10.3. The Bertz CT molecular complexity index is 266. The Labute approximate surface area is 94.1 Å². The van der Waals surface area contributed by atoms with Gasteiger partial charge in [0, 0.05) is 12.4 Å². The third-order valence-corrected chi connectivity index (χ3v) is 1.58. The van der Waals surface area contributed by atoms with Crippen molar-refractivity contribution in [3.63, 3.8) is 0 Å². The van der Waals surface area contributed by atoms with E-state index in [0.717, 1.165) is 0 Å². The zero-order valence-electron chi connectivity index (χ0n) is 6.68. The molecule has 1 aromatic heterocycles. The van der Waals surface area contributed by atoms with Crippen molar-refractivity contribution >= 4 is 11.1 Å². The van der Waals surface area contributed by atoms with Gasteiger partial charge in [-0.05, 0) is 11.1 Å². The third kappa shape index (κ3) is 3.16. The molecule has 0 aromatic carbocycles. The van der Waals surface area contributed by atoms with E-state index in [1.807, 2.05) is 0 Å². The van der Waals surface area contributed by atoms with Crippen LogP contribution >= 0.6 is 0 Å². The largest absolute Gasteiger partial charge is 1.00 e. The Hall–Kier alpha value is -0.0100. The molecule has 0 radical (unpaired) electrons. The molecule has 0 bridgehead atoms. The smallest absolute Gasteiger partial charge is 0.768 e. The van der Waals surface area contributed by atoms with Crippen LogP contribution in [0.15, 0.2) is 17.3 Å². The van der Waals surface area contributed by atoms with Crippen molar-refractivity contribution in [1.82, 2.24) is 9.97 Å². The summed E-state index contributed by atoms with van der Waals surface area (Å²) in [5.41, 5.74) is 0. The molecule has 0 saturated heterocycles. The first kappa shape index (κ1) is 12.0. The first-order valence-corrected chi connectivity index (χ1v) is 3.77. The van der Waals surface area contributed by atoms with Gasteiger partial charge in [0.25, 0.3) is 0 Å². The predicted octanol–water partition coefficient (Wildman–Crippen LogP) is -3.27. The minimum Gasteiger partial charge on any atom is -0.768 e. The molecule has 12 heavy (non-hydrogen) atoms. The molecule has 1 rings (SSSR count). The van der Waals surface area contributed by atoms with Gasteiger partial charge in [-0.1, -0.05) is 0 Å². The summed E-state index contributed by atoms with van der Waals surface area (Å²) in [6.07, 6.45) is 2.35. The van der Waals surface area contributed by atoms with E-state index in [0.29, 0.717) is 0 Å². The Balaban J connectivity index is 0.00000121. The van der Waals surface area contributed by atoms with Gasteiger partial charge in [-0.3, -0.25) is 4.21 Å². The SMILES string of the molecule is COc1ncc(S(=O)[O-])cn1.[Na+]. The summed E-state index contributed by atoms with van der Waals surface area (Å²) in [6, 6.07) is 0.152. The predicted molar refractivity (Wildman–Crippen MR) is 35.8 cm³/mol. The molecule has 0 amide bonds. The van der Waals surface area contributed by atoms with Gasteiger partial charge in [-0.2, -0.15) is 0 Å². The Morgan fingerprint density at radius 1 is 1.50 bits per heavy atom. The standard InChI is InChI=1S/C5H6N2O3S.Na/c1-10-5-6-2-4(3-7-5)11(8)9;/h2-3H,1H3,(H,8,9);/q;+1/p-1. The molecule has 0 fully saturated rings. The molecule has 0 N–H and O–H groups in total. The van der Waals surface area contributed by atoms with Crippen molar-refractivity contribution in [2.75, 3.05) is 7.11 Å². The van der Waals surface area contributed by atoms with Crippen LogP contribution in [0.1, 0.15) is 0 Å². The minimum absolute atomic E-state index is 0. The van der Waals surface area contributed by atoms with Gasteiger partial charge in [0.05, 0.1) is 12.0 Å². The average Bonchev–Trinajstić information content (AvgIpc) is 2.05. The van der Waals surface area contributed by atoms with Crippen LogP contribution in [0, 0.1) is 0 Å². The zero-order chi connectivity index (χ0) is 8.27. The molecule has 1 unspecified atom stereocenters. The van der Waals surface area contributed by atoms with Gasteiger partial charge in [0.15, 0.2) is 0 Å². The maximum atomic E-state index is 10.3. The van der Waals surface area contributed by atoms with E-state index in [1.54, 1.807) is 0 Å². The van der Waals surface area contributed by atoms with Gasteiger partial charge >= 0.3 is 35.6 Å². The fourth-order valence-electron chi connectivity index (χ4n) is 0.496. The van der Waals surface area contributed by atoms with Gasteiger partial charge in [-0.25, -0.2) is 9.97 Å². The molecule has 0 saturated carbocycles. The van der Waals surface area contributed by atoms with Crippen molar-refractivity contribution in [2.24, 2.45) is 0 Å². The maximum Gasteiger partial charge on any atom is 1.00 e. The molecule has 0 spiro atoms. The molecule has 5 nitrogen and oxygen atoms in total. The number of rotatable bonds is 2.